The van der Waals surface area contributed by atoms with E-state index >= 15 is 0 Å². The van der Waals surface area contributed by atoms with Gasteiger partial charge in [-0.05, 0) is 50.1 Å². The van der Waals surface area contributed by atoms with Gasteiger partial charge in [0, 0.05) is 31.4 Å². The molecule has 164 valence electrons. The van der Waals surface area contributed by atoms with Crippen LogP contribution >= 0.6 is 24.0 Å². The number of nitrogens with zero attached hydrogens (tertiary/aromatic N) is 5. The van der Waals surface area contributed by atoms with Crippen molar-refractivity contribution in [2.24, 2.45) is 4.99 Å². The zero-order valence-corrected chi connectivity index (χ0v) is 20.4. The number of aryl methyl sites for hydroxylation is 1. The van der Waals surface area contributed by atoms with E-state index in [-0.39, 0.29) is 24.0 Å². The van der Waals surface area contributed by atoms with E-state index in [2.05, 4.69) is 75.9 Å². The third kappa shape index (κ3) is 6.19. The Kier molecular flexibility index (Phi) is 8.27. The molecular formula is C23H30IN7. The molecule has 3 aromatic rings. The first-order valence-corrected chi connectivity index (χ1v) is 10.5. The van der Waals surface area contributed by atoms with Crippen molar-refractivity contribution < 1.29 is 0 Å². The molecular weight excluding hydrogens is 501 g/mol. The second-order valence-electron chi connectivity index (χ2n) is 7.61. The molecule has 7 nitrogen and oxygen atoms in total. The van der Waals surface area contributed by atoms with E-state index in [0.29, 0.717) is 12.6 Å². The molecule has 1 aliphatic heterocycles. The lowest BCUT2D eigenvalue weighted by atomic mass is 10.2. The SMILES string of the molecule is CCNC(=NCc1ccc(-n2cncn2)cc1)NC1CCN(c2ccc(C)cc2)C1.I. The molecule has 1 unspecified atom stereocenters. The third-order valence-corrected chi connectivity index (χ3v) is 5.31. The van der Waals surface area contributed by atoms with Crippen molar-refractivity contribution in [3.05, 3.63) is 72.3 Å². The minimum Gasteiger partial charge on any atom is -0.369 e. The number of anilines is 1. The molecule has 31 heavy (non-hydrogen) atoms. The maximum atomic E-state index is 4.79. The molecule has 8 heteroatoms. The van der Waals surface area contributed by atoms with Gasteiger partial charge in [0.15, 0.2) is 5.96 Å². The topological polar surface area (TPSA) is 70.4 Å². The van der Waals surface area contributed by atoms with Gasteiger partial charge in [-0.2, -0.15) is 5.10 Å². The van der Waals surface area contributed by atoms with E-state index in [4.69, 9.17) is 4.99 Å². The summed E-state index contributed by atoms with van der Waals surface area (Å²) in [6.07, 6.45) is 4.34. The normalized spacial score (nSPS) is 16.1. The number of benzene rings is 2. The van der Waals surface area contributed by atoms with Crippen molar-refractivity contribution in [2.75, 3.05) is 24.5 Å². The Morgan fingerprint density at radius 2 is 1.84 bits per heavy atom. The highest BCUT2D eigenvalue weighted by molar-refractivity contribution is 14.0. The van der Waals surface area contributed by atoms with Gasteiger partial charge in [0.25, 0.3) is 0 Å². The number of guanidine groups is 1. The minimum atomic E-state index is 0. The average molecular weight is 531 g/mol. The minimum absolute atomic E-state index is 0. The summed E-state index contributed by atoms with van der Waals surface area (Å²) in [5, 5.41) is 11.1. The van der Waals surface area contributed by atoms with E-state index in [1.807, 2.05) is 12.1 Å². The summed E-state index contributed by atoms with van der Waals surface area (Å²) < 4.78 is 1.75. The fraction of sp³-hybridized carbons (Fsp3) is 0.348. The summed E-state index contributed by atoms with van der Waals surface area (Å²) in [7, 11) is 0. The summed E-state index contributed by atoms with van der Waals surface area (Å²) >= 11 is 0. The molecule has 0 saturated carbocycles. The molecule has 1 saturated heterocycles. The Bertz CT molecular complexity index is 953. The molecule has 2 aromatic carbocycles. The van der Waals surface area contributed by atoms with E-state index in [1.54, 1.807) is 11.0 Å². The highest BCUT2D eigenvalue weighted by Gasteiger charge is 2.23. The van der Waals surface area contributed by atoms with Gasteiger partial charge in [-0.3, -0.25) is 0 Å². The van der Waals surface area contributed by atoms with Gasteiger partial charge in [-0.15, -0.1) is 24.0 Å². The van der Waals surface area contributed by atoms with Crippen molar-refractivity contribution in [3.8, 4) is 5.69 Å². The van der Waals surface area contributed by atoms with Crippen molar-refractivity contribution in [1.82, 2.24) is 25.4 Å². The van der Waals surface area contributed by atoms with Crippen LogP contribution in [0.1, 0.15) is 24.5 Å². The Morgan fingerprint density at radius 3 is 2.52 bits per heavy atom. The maximum Gasteiger partial charge on any atom is 0.191 e. The predicted octanol–water partition coefficient (Wildman–Crippen LogP) is 3.53. The van der Waals surface area contributed by atoms with Crippen LogP contribution in [0.25, 0.3) is 5.69 Å². The second kappa shape index (κ2) is 11.1. The Morgan fingerprint density at radius 1 is 1.10 bits per heavy atom. The van der Waals surface area contributed by atoms with Gasteiger partial charge in [0.05, 0.1) is 12.2 Å². The number of nitrogens with one attached hydrogen (secondary N) is 2. The van der Waals surface area contributed by atoms with Gasteiger partial charge in [0.2, 0.25) is 0 Å². The number of aromatic nitrogens is 3. The van der Waals surface area contributed by atoms with Crippen LogP contribution in [0.2, 0.25) is 0 Å². The zero-order valence-electron chi connectivity index (χ0n) is 18.0. The van der Waals surface area contributed by atoms with Crippen molar-refractivity contribution in [1.29, 1.82) is 0 Å². The van der Waals surface area contributed by atoms with Gasteiger partial charge >= 0.3 is 0 Å². The number of halogens is 1. The molecule has 2 N–H and O–H groups in total. The van der Waals surface area contributed by atoms with Crippen LogP contribution in [0.3, 0.4) is 0 Å². The van der Waals surface area contributed by atoms with Crippen molar-refractivity contribution >= 4 is 35.6 Å². The number of rotatable bonds is 6. The monoisotopic (exact) mass is 531 g/mol. The fourth-order valence-corrected chi connectivity index (χ4v) is 3.65. The van der Waals surface area contributed by atoms with Gasteiger partial charge in [-0.1, -0.05) is 29.8 Å². The molecule has 4 rings (SSSR count). The molecule has 0 spiro atoms. The Labute approximate surface area is 201 Å². The van der Waals surface area contributed by atoms with Crippen LogP contribution < -0.4 is 15.5 Å². The highest BCUT2D eigenvalue weighted by atomic mass is 127. The lowest BCUT2D eigenvalue weighted by Crippen LogP contribution is -2.44. The average Bonchev–Trinajstić information content (AvgIpc) is 3.46. The second-order valence-corrected chi connectivity index (χ2v) is 7.61. The van der Waals surface area contributed by atoms with Crippen LogP contribution in [-0.4, -0.2) is 46.4 Å². The largest absolute Gasteiger partial charge is 0.369 e. The predicted molar refractivity (Wildman–Crippen MR) is 137 cm³/mol. The lowest BCUT2D eigenvalue weighted by Gasteiger charge is -2.20. The summed E-state index contributed by atoms with van der Waals surface area (Å²) in [6, 6.07) is 17.4. The highest BCUT2D eigenvalue weighted by Crippen LogP contribution is 2.20. The van der Waals surface area contributed by atoms with Crippen LogP contribution in [0.5, 0.6) is 0 Å². The van der Waals surface area contributed by atoms with Gasteiger partial charge < -0.3 is 15.5 Å². The molecule has 1 aliphatic rings. The smallest absolute Gasteiger partial charge is 0.191 e. The zero-order chi connectivity index (χ0) is 20.8. The standard InChI is InChI=1S/C23H29N7.HI/c1-3-25-23(26-14-19-6-10-22(11-7-19)30-17-24-16-27-30)28-20-12-13-29(15-20)21-8-4-18(2)5-9-21;/h4-11,16-17,20H,3,12-15H2,1-2H3,(H2,25,26,28);1H. The molecule has 1 atom stereocenters. The van der Waals surface area contributed by atoms with E-state index in [1.165, 1.54) is 17.6 Å². The van der Waals surface area contributed by atoms with Crippen molar-refractivity contribution in [3.63, 3.8) is 0 Å². The van der Waals surface area contributed by atoms with E-state index < -0.39 is 0 Å². The molecule has 1 aromatic heterocycles. The summed E-state index contributed by atoms with van der Waals surface area (Å²) in [5.74, 6) is 0.869. The number of hydrogen-bond donors (Lipinski definition) is 2. The van der Waals surface area contributed by atoms with Gasteiger partial charge in [0.1, 0.15) is 12.7 Å². The van der Waals surface area contributed by atoms with Crippen LogP contribution in [0.15, 0.2) is 66.2 Å². The summed E-state index contributed by atoms with van der Waals surface area (Å²) in [4.78, 5) is 11.2. The molecule has 1 fully saturated rings. The van der Waals surface area contributed by atoms with E-state index in [9.17, 15) is 0 Å². The fourth-order valence-electron chi connectivity index (χ4n) is 3.65. The molecule has 2 heterocycles. The first-order chi connectivity index (χ1) is 14.7. The first kappa shape index (κ1) is 23.1. The number of hydrogen-bond acceptors (Lipinski definition) is 4. The quantitative estimate of drug-likeness (QED) is 0.290. The van der Waals surface area contributed by atoms with Crippen LogP contribution in [0.4, 0.5) is 5.69 Å². The Balaban J connectivity index is 0.00000272. The van der Waals surface area contributed by atoms with E-state index in [0.717, 1.165) is 43.3 Å². The van der Waals surface area contributed by atoms with Gasteiger partial charge in [-0.25, -0.2) is 14.7 Å². The van der Waals surface area contributed by atoms with Crippen LogP contribution in [0, 0.1) is 6.92 Å². The Hall–Kier alpha value is -2.62. The van der Waals surface area contributed by atoms with Crippen LogP contribution in [-0.2, 0) is 6.54 Å². The lowest BCUT2D eigenvalue weighted by molar-refractivity contribution is 0.649. The third-order valence-electron chi connectivity index (χ3n) is 5.31. The molecule has 0 radical (unpaired) electrons. The summed E-state index contributed by atoms with van der Waals surface area (Å²) in [5.41, 5.74) is 4.74. The summed E-state index contributed by atoms with van der Waals surface area (Å²) in [6.45, 7) is 7.73. The molecule has 0 aliphatic carbocycles. The molecule has 0 bridgehead atoms. The maximum absolute atomic E-state index is 4.79. The van der Waals surface area contributed by atoms with Crippen molar-refractivity contribution in [2.45, 2.75) is 32.9 Å². The molecule has 0 amide bonds. The first-order valence-electron chi connectivity index (χ1n) is 10.5. The number of aliphatic imine (C=N–C) groups is 1.